The van der Waals surface area contributed by atoms with Gasteiger partial charge in [-0.3, -0.25) is 9.11 Å². The van der Waals surface area contributed by atoms with Crippen LogP contribution in [0.2, 0.25) is 0 Å². The summed E-state index contributed by atoms with van der Waals surface area (Å²) in [6, 6.07) is 3.23. The van der Waals surface area contributed by atoms with Crippen molar-refractivity contribution in [2.75, 3.05) is 0 Å². The molecule has 156 valence electrons. The molecule has 12 nitrogen and oxygen atoms in total. The van der Waals surface area contributed by atoms with Gasteiger partial charge in [-0.25, -0.2) is 18.0 Å². The maximum atomic E-state index is 12.7. The lowest BCUT2D eigenvalue weighted by atomic mass is 10.2. The van der Waals surface area contributed by atoms with E-state index < -0.39 is 72.7 Å². The molecule has 0 aliphatic heterocycles. The molecule has 0 saturated heterocycles. The minimum Gasteiger partial charge on any atom is -0.478 e. The van der Waals surface area contributed by atoms with Crippen LogP contribution in [0.5, 0.6) is 0 Å². The molecule has 0 aliphatic rings. The molecule has 0 atom stereocenters. The summed E-state index contributed by atoms with van der Waals surface area (Å²) in [4.78, 5) is 18.0. The van der Waals surface area contributed by atoms with Crippen molar-refractivity contribution >= 4 is 42.0 Å². The first kappa shape index (κ1) is 22.4. The van der Waals surface area contributed by atoms with Crippen LogP contribution in [-0.4, -0.2) is 56.5 Å². The lowest BCUT2D eigenvalue weighted by molar-refractivity contribution is 0.0681. The topological polar surface area (TPSA) is 217 Å². The summed E-state index contributed by atoms with van der Waals surface area (Å²) in [5.41, 5.74) is -1.85. The molecule has 0 amide bonds. The van der Waals surface area contributed by atoms with Crippen molar-refractivity contribution in [3.05, 3.63) is 47.5 Å². The molecule has 0 aliphatic carbocycles. The predicted octanol–water partition coefficient (Wildman–Crippen LogP) is 0.409. The minimum absolute atomic E-state index is 0.340. The van der Waals surface area contributed by atoms with E-state index in [0.29, 0.717) is 36.4 Å². The van der Waals surface area contributed by atoms with Gasteiger partial charge in [-0.2, -0.15) is 16.8 Å². The van der Waals surface area contributed by atoms with Crippen molar-refractivity contribution in [1.29, 1.82) is 0 Å². The maximum absolute atomic E-state index is 12.7. The van der Waals surface area contributed by atoms with Crippen LogP contribution >= 0.6 is 0 Å². The number of sulfone groups is 1. The third-order valence-corrected chi connectivity index (χ3v) is 7.08. The highest BCUT2D eigenvalue weighted by Crippen LogP contribution is 2.28. The summed E-state index contributed by atoms with van der Waals surface area (Å²) in [6.07, 6.45) is 0. The van der Waals surface area contributed by atoms with Crippen LogP contribution in [0.15, 0.2) is 56.0 Å². The van der Waals surface area contributed by atoms with E-state index in [0.717, 1.165) is 0 Å². The van der Waals surface area contributed by atoms with Crippen LogP contribution in [0.4, 0.5) is 0 Å². The van der Waals surface area contributed by atoms with Crippen LogP contribution in [0.1, 0.15) is 20.7 Å². The van der Waals surface area contributed by atoms with E-state index in [1.807, 2.05) is 0 Å². The number of carbonyl (C=O) groups is 2. The average molecular weight is 466 g/mol. The number of carboxylic acid groups (broad SMARTS) is 2. The zero-order chi connectivity index (χ0) is 22.4. The van der Waals surface area contributed by atoms with Crippen LogP contribution in [0.3, 0.4) is 0 Å². The molecule has 15 heteroatoms. The molecule has 2 aromatic rings. The summed E-state index contributed by atoms with van der Waals surface area (Å²) in [5, 5.41) is 17.9. The van der Waals surface area contributed by atoms with E-state index in [-0.39, 0.29) is 0 Å². The van der Waals surface area contributed by atoms with Crippen LogP contribution in [-0.2, 0) is 30.1 Å². The second-order valence-electron chi connectivity index (χ2n) is 5.38. The second-order valence-corrected chi connectivity index (χ2v) is 10.1. The minimum atomic E-state index is -5.15. The normalized spacial score (nSPS) is 12.5. The van der Waals surface area contributed by atoms with Gasteiger partial charge in [0.25, 0.3) is 20.2 Å². The Labute approximate surface area is 163 Å². The largest absolute Gasteiger partial charge is 0.478 e. The summed E-state index contributed by atoms with van der Waals surface area (Å²) in [7, 11) is -15.0. The number of hydrogen-bond acceptors (Lipinski definition) is 8. The molecule has 4 N–H and O–H groups in total. The highest BCUT2D eigenvalue weighted by Gasteiger charge is 2.28. The highest BCUT2D eigenvalue weighted by atomic mass is 32.2. The summed E-state index contributed by atoms with van der Waals surface area (Å²) in [5.74, 6) is -3.55. The number of benzene rings is 2. The lowest BCUT2D eigenvalue weighted by Crippen LogP contribution is -2.12. The predicted molar refractivity (Wildman–Crippen MR) is 91.9 cm³/mol. The van der Waals surface area contributed by atoms with Gasteiger partial charge in [0.05, 0.1) is 20.9 Å². The van der Waals surface area contributed by atoms with Gasteiger partial charge < -0.3 is 10.2 Å². The van der Waals surface area contributed by atoms with Crippen molar-refractivity contribution in [3.63, 3.8) is 0 Å². The van der Waals surface area contributed by atoms with E-state index in [1.54, 1.807) is 0 Å². The Kier molecular flexibility index (Phi) is 5.57. The number of carboxylic acids is 2. The van der Waals surface area contributed by atoms with Gasteiger partial charge in [0.2, 0.25) is 9.84 Å². The molecule has 0 saturated carbocycles. The first-order chi connectivity index (χ1) is 13.1. The Morgan fingerprint density at radius 1 is 0.621 bits per heavy atom. The molecule has 0 bridgehead atoms. The van der Waals surface area contributed by atoms with Crippen LogP contribution < -0.4 is 0 Å². The molecule has 0 heterocycles. The molecule has 2 aromatic carbocycles. The van der Waals surface area contributed by atoms with Crippen molar-refractivity contribution in [2.45, 2.75) is 19.6 Å². The summed E-state index contributed by atoms with van der Waals surface area (Å²) in [6.45, 7) is 0. The van der Waals surface area contributed by atoms with Gasteiger partial charge in [-0.15, -0.1) is 0 Å². The lowest BCUT2D eigenvalue weighted by Gasteiger charge is -2.10. The highest BCUT2D eigenvalue weighted by molar-refractivity contribution is 7.91. The quantitative estimate of drug-likeness (QED) is 0.425. The smallest absolute Gasteiger partial charge is 0.337 e. The Balaban J connectivity index is 2.81. The monoisotopic (exact) mass is 466 g/mol. The fourth-order valence-corrected chi connectivity index (χ4v) is 5.14. The number of aromatic carboxylic acids is 2. The molecule has 0 fully saturated rings. The molecule has 0 spiro atoms. The summed E-state index contributed by atoms with van der Waals surface area (Å²) >= 11 is 0. The van der Waals surface area contributed by atoms with Crippen molar-refractivity contribution in [3.8, 4) is 0 Å². The van der Waals surface area contributed by atoms with Crippen molar-refractivity contribution < 1.29 is 54.2 Å². The van der Waals surface area contributed by atoms with Crippen LogP contribution in [0, 0.1) is 0 Å². The van der Waals surface area contributed by atoms with Crippen molar-refractivity contribution in [1.82, 2.24) is 0 Å². The summed E-state index contributed by atoms with van der Waals surface area (Å²) < 4.78 is 89.3. The van der Waals surface area contributed by atoms with Gasteiger partial charge in [-0.1, -0.05) is 0 Å². The van der Waals surface area contributed by atoms with E-state index in [9.17, 15) is 34.8 Å². The van der Waals surface area contributed by atoms with Gasteiger partial charge >= 0.3 is 11.9 Å². The van der Waals surface area contributed by atoms with Gasteiger partial charge in [0, 0.05) is 0 Å². The molecule has 29 heavy (non-hydrogen) atoms. The maximum Gasteiger partial charge on any atom is 0.337 e. The number of rotatable bonds is 6. The Morgan fingerprint density at radius 2 is 0.931 bits per heavy atom. The van der Waals surface area contributed by atoms with Gasteiger partial charge in [0.15, 0.2) is 0 Å². The Hall–Kier alpha value is -2.85. The third-order valence-electron chi connectivity index (χ3n) is 3.54. The van der Waals surface area contributed by atoms with E-state index in [1.165, 1.54) is 0 Å². The van der Waals surface area contributed by atoms with E-state index in [4.69, 9.17) is 19.3 Å². The SMILES string of the molecule is O=C(O)c1ccc(S(=O)(=O)c2ccc(C(=O)O)c(S(=O)(=O)O)c2)cc1S(=O)(=O)O. The van der Waals surface area contributed by atoms with E-state index in [2.05, 4.69) is 0 Å². The fraction of sp³-hybridized carbons (Fsp3) is 0. The fourth-order valence-electron chi connectivity index (χ4n) is 2.26. The third kappa shape index (κ3) is 4.43. The van der Waals surface area contributed by atoms with E-state index >= 15 is 0 Å². The molecule has 2 rings (SSSR count). The average Bonchev–Trinajstić information content (AvgIpc) is 2.58. The Bertz CT molecular complexity index is 1250. The molecular weight excluding hydrogens is 456 g/mol. The first-order valence-electron chi connectivity index (χ1n) is 7.01. The van der Waals surface area contributed by atoms with Gasteiger partial charge in [-0.05, 0) is 36.4 Å². The zero-order valence-electron chi connectivity index (χ0n) is 13.7. The Morgan fingerprint density at radius 3 is 1.17 bits per heavy atom. The van der Waals surface area contributed by atoms with Crippen LogP contribution in [0.25, 0.3) is 0 Å². The molecule has 0 aromatic heterocycles. The number of hydrogen-bond donors (Lipinski definition) is 4. The molecule has 0 radical (unpaired) electrons. The zero-order valence-corrected chi connectivity index (χ0v) is 16.2. The molecule has 0 unspecified atom stereocenters. The molecular formula is C14H10O12S3. The van der Waals surface area contributed by atoms with Gasteiger partial charge in [0.1, 0.15) is 9.79 Å². The van der Waals surface area contributed by atoms with Crippen molar-refractivity contribution in [2.24, 2.45) is 0 Å². The first-order valence-corrected chi connectivity index (χ1v) is 11.4. The second kappa shape index (κ2) is 7.20. The standard InChI is InChI=1S/C14H10O12S3/c15-13(16)9-3-1-7(5-11(9)28(21,22)23)27(19,20)8-2-4-10(14(17)18)12(6-8)29(24,25)26/h1-6H,(H,15,16)(H,17,18)(H,21,22,23)(H,24,25,26).